The molecule has 2 aromatic carbocycles. The van der Waals surface area contributed by atoms with Gasteiger partial charge in [-0.15, -0.1) is 0 Å². The smallest absolute Gasteiger partial charge is 0.240 e. The largest absolute Gasteiger partial charge is 0.744 e. The maximum Gasteiger partial charge on any atom is 0.240 e. The highest BCUT2D eigenvalue weighted by Gasteiger charge is 2.25. The van der Waals surface area contributed by atoms with E-state index in [0.717, 1.165) is 62.6 Å². The Morgan fingerprint density at radius 1 is 0.720 bits per heavy atom. The third-order valence-corrected chi connectivity index (χ3v) is 11.9. The summed E-state index contributed by atoms with van der Waals surface area (Å²) in [7, 11) is -9.16. The van der Waals surface area contributed by atoms with Crippen LogP contribution in [0.3, 0.4) is 0 Å². The highest BCUT2D eigenvalue weighted by atomic mass is 32.2. The van der Waals surface area contributed by atoms with Crippen molar-refractivity contribution in [1.29, 1.82) is 0 Å². The molecule has 274 valence electrons. The van der Waals surface area contributed by atoms with Crippen molar-refractivity contribution < 1.29 is 25.8 Å². The van der Waals surface area contributed by atoms with Crippen LogP contribution in [0.4, 0.5) is 5.69 Å². The third kappa shape index (κ3) is 9.75. The molecular weight excluding hydrogens is 671 g/mol. The van der Waals surface area contributed by atoms with E-state index in [9.17, 15) is 21.4 Å². The van der Waals surface area contributed by atoms with E-state index in [1.807, 2.05) is 36.4 Å². The Hall–Kier alpha value is -3.25. The van der Waals surface area contributed by atoms with E-state index in [1.165, 1.54) is 50.7 Å². The fourth-order valence-electron chi connectivity index (χ4n) is 6.71. The van der Waals surface area contributed by atoms with E-state index in [-0.39, 0.29) is 17.0 Å². The van der Waals surface area contributed by atoms with Crippen molar-refractivity contribution >= 4 is 36.8 Å². The molecule has 2 aliphatic rings. The predicted molar refractivity (Wildman–Crippen MR) is 203 cm³/mol. The van der Waals surface area contributed by atoms with E-state index in [0.29, 0.717) is 34.3 Å². The molecule has 0 spiro atoms. The van der Waals surface area contributed by atoms with E-state index in [4.69, 9.17) is 4.42 Å². The Morgan fingerprint density at radius 2 is 1.34 bits per heavy atom. The molecule has 50 heavy (non-hydrogen) atoms. The first-order valence-electron chi connectivity index (χ1n) is 18.4. The van der Waals surface area contributed by atoms with Gasteiger partial charge in [0.05, 0.1) is 15.9 Å². The molecule has 0 atom stereocenters. The lowest BCUT2D eigenvalue weighted by Crippen LogP contribution is -2.29. The lowest BCUT2D eigenvalue weighted by molar-refractivity contribution is 0.463. The second-order valence-corrected chi connectivity index (χ2v) is 16.0. The van der Waals surface area contributed by atoms with Gasteiger partial charge in [0, 0.05) is 59.5 Å². The number of nitrogens with one attached hydrogen (secondary N) is 1. The van der Waals surface area contributed by atoms with Crippen molar-refractivity contribution in [2.24, 2.45) is 0 Å². The summed E-state index contributed by atoms with van der Waals surface area (Å²) in [4.78, 5) is 1.33. The first-order chi connectivity index (χ1) is 24.0. The Labute approximate surface area is 299 Å². The summed E-state index contributed by atoms with van der Waals surface area (Å²) in [6, 6.07) is 15.3. The summed E-state index contributed by atoms with van der Waals surface area (Å²) in [6.45, 7) is 13.9. The van der Waals surface area contributed by atoms with Crippen LogP contribution in [-0.2, 0) is 20.1 Å². The lowest BCUT2D eigenvalue weighted by Gasteiger charge is -2.23. The molecule has 0 saturated carbocycles. The van der Waals surface area contributed by atoms with Gasteiger partial charge in [-0.05, 0) is 64.4 Å². The molecule has 0 unspecified atom stereocenters. The van der Waals surface area contributed by atoms with Crippen molar-refractivity contribution in [2.75, 3.05) is 37.6 Å². The molecular formula is C39H55N3O6S2. The molecule has 1 aliphatic heterocycles. The molecule has 0 bridgehead atoms. The number of fused-ring (bicyclic) bond motifs is 2. The zero-order valence-corrected chi connectivity index (χ0v) is 32.1. The fourth-order valence-corrected chi connectivity index (χ4v) is 8.60. The molecule has 1 heterocycles. The van der Waals surface area contributed by atoms with Crippen LogP contribution < -0.4 is 19.6 Å². The molecule has 4 rings (SSSR count). The van der Waals surface area contributed by atoms with Crippen LogP contribution in [0.1, 0.15) is 98.8 Å². The van der Waals surface area contributed by atoms with Crippen LogP contribution in [0.15, 0.2) is 68.8 Å². The minimum atomic E-state index is -5.10. The van der Waals surface area contributed by atoms with E-state index >= 15 is 0 Å². The van der Waals surface area contributed by atoms with Gasteiger partial charge in [0.25, 0.3) is 0 Å². The maximum absolute atomic E-state index is 13.3. The number of unbranched alkanes of at least 4 members (excludes halogenated alkanes) is 9. The monoisotopic (exact) mass is 725 g/mol. The molecule has 2 aromatic rings. The number of anilines is 1. The second kappa shape index (κ2) is 18.3. The molecule has 1 N–H and O–H groups in total. The number of benzene rings is 3. The first-order valence-corrected chi connectivity index (χ1v) is 21.3. The zero-order chi connectivity index (χ0) is 36.3. The molecule has 9 nitrogen and oxygen atoms in total. The van der Waals surface area contributed by atoms with E-state index in [1.54, 1.807) is 0 Å². The fraction of sp³-hybridized carbons (Fsp3) is 0.513. The van der Waals surface area contributed by atoms with Crippen LogP contribution in [0.5, 0.6) is 0 Å². The molecule has 0 saturated heterocycles. The summed E-state index contributed by atoms with van der Waals surface area (Å²) in [6.07, 6.45) is 11.3. The van der Waals surface area contributed by atoms with Gasteiger partial charge in [0.15, 0.2) is 0 Å². The van der Waals surface area contributed by atoms with Gasteiger partial charge in [-0.25, -0.2) is 26.1 Å². The molecule has 0 radical (unpaired) electrons. The molecule has 0 aromatic heterocycles. The van der Waals surface area contributed by atoms with Crippen molar-refractivity contribution in [1.82, 2.24) is 9.30 Å². The van der Waals surface area contributed by atoms with E-state index in [2.05, 4.69) is 48.8 Å². The number of nitrogens with zero attached hydrogens (tertiary/aromatic N) is 2. The van der Waals surface area contributed by atoms with Gasteiger partial charge < -0.3 is 13.9 Å². The van der Waals surface area contributed by atoms with Gasteiger partial charge >= 0.3 is 0 Å². The standard InChI is InChI=1S/C39H55N3O6S2/c1-6-11-12-13-14-15-16-17-18-19-26-40-49(43,44)32-22-25-35(38(29-32)50(45,46)47)39-33-23-20-30(41(7-2)8-3)27-36(33)48-37-28-31(21-24-34(37)39)42(9-4)10-5/h20-25,27-29,40H,6-19,26H2,1-5H3. The third-order valence-electron chi connectivity index (χ3n) is 9.57. The van der Waals surface area contributed by atoms with E-state index < -0.39 is 25.0 Å². The Balaban J connectivity index is 1.71. The summed E-state index contributed by atoms with van der Waals surface area (Å²) in [5, 5.41) is 1.56. The van der Waals surface area contributed by atoms with Crippen LogP contribution in [0.25, 0.3) is 33.4 Å². The lowest BCUT2D eigenvalue weighted by atomic mass is 9.93. The molecule has 1 aliphatic carbocycles. The summed E-state index contributed by atoms with van der Waals surface area (Å²) in [5.41, 5.74) is 2.71. The Kier molecular flexibility index (Phi) is 14.5. The topological polar surface area (TPSA) is 123 Å². The van der Waals surface area contributed by atoms with Gasteiger partial charge in [0.1, 0.15) is 34.6 Å². The Bertz CT molecular complexity index is 1980. The van der Waals surface area contributed by atoms with Gasteiger partial charge in [-0.3, -0.25) is 0 Å². The average molecular weight is 726 g/mol. The zero-order valence-electron chi connectivity index (χ0n) is 30.5. The molecule has 0 fully saturated rings. The van der Waals surface area contributed by atoms with Gasteiger partial charge in [-0.2, -0.15) is 0 Å². The maximum atomic E-state index is 13.3. The second-order valence-electron chi connectivity index (χ2n) is 12.9. The van der Waals surface area contributed by atoms with Crippen molar-refractivity contribution in [3.63, 3.8) is 0 Å². The quantitative estimate of drug-likeness (QED) is 0.0425. The van der Waals surface area contributed by atoms with Crippen LogP contribution in [0, 0.1) is 0 Å². The summed E-state index contributed by atoms with van der Waals surface area (Å²) in [5.74, 6) is 0.526. The van der Waals surface area contributed by atoms with Crippen molar-refractivity contribution in [3.8, 4) is 22.5 Å². The molecule has 11 heteroatoms. The average Bonchev–Trinajstić information content (AvgIpc) is 3.10. The highest BCUT2D eigenvalue weighted by molar-refractivity contribution is 7.89. The summed E-state index contributed by atoms with van der Waals surface area (Å²) < 4.78 is 76.5. The SMILES string of the molecule is CCCCCCCCCCCCNS(=O)(=O)c1ccc(-c2c3ccc(=[N+](CC)CC)cc-3oc3cc(N(CC)CC)ccc23)c(S(=O)(=O)[O-])c1. The first kappa shape index (κ1) is 39.5. The minimum Gasteiger partial charge on any atom is -0.744 e. The normalized spacial score (nSPS) is 12.2. The number of hydrogen-bond acceptors (Lipinski definition) is 7. The van der Waals surface area contributed by atoms with Crippen LogP contribution in [0.2, 0.25) is 0 Å². The molecule has 0 amide bonds. The summed E-state index contributed by atoms with van der Waals surface area (Å²) >= 11 is 0. The number of sulfonamides is 1. The van der Waals surface area contributed by atoms with Crippen LogP contribution in [-0.4, -0.2) is 54.1 Å². The van der Waals surface area contributed by atoms with Crippen molar-refractivity contribution in [3.05, 3.63) is 60.0 Å². The number of rotatable bonds is 20. The number of hydrogen-bond donors (Lipinski definition) is 1. The van der Waals surface area contributed by atoms with Gasteiger partial charge in [0.2, 0.25) is 15.4 Å². The highest BCUT2D eigenvalue weighted by Crippen LogP contribution is 2.43. The van der Waals surface area contributed by atoms with Crippen LogP contribution >= 0.6 is 0 Å². The predicted octanol–water partition coefficient (Wildman–Crippen LogP) is 7.97. The minimum absolute atomic E-state index is 0.130. The van der Waals surface area contributed by atoms with Crippen molar-refractivity contribution in [2.45, 2.75) is 109 Å². The van der Waals surface area contributed by atoms with Gasteiger partial charge in [-0.1, -0.05) is 70.8 Å². The Morgan fingerprint density at radius 3 is 1.94 bits per heavy atom.